The van der Waals surface area contributed by atoms with Gasteiger partial charge in [-0.2, -0.15) is 0 Å². The summed E-state index contributed by atoms with van der Waals surface area (Å²) < 4.78 is 7.46. The summed E-state index contributed by atoms with van der Waals surface area (Å²) in [6.45, 7) is 4.06. The van der Waals surface area contributed by atoms with Crippen molar-refractivity contribution in [3.05, 3.63) is 53.4 Å². The van der Waals surface area contributed by atoms with Crippen molar-refractivity contribution in [2.75, 3.05) is 6.61 Å². The van der Waals surface area contributed by atoms with Gasteiger partial charge in [-0.15, -0.1) is 0 Å². The van der Waals surface area contributed by atoms with Gasteiger partial charge in [0.25, 0.3) is 5.91 Å². The van der Waals surface area contributed by atoms with E-state index in [9.17, 15) is 4.79 Å². The molecule has 3 aromatic rings. The van der Waals surface area contributed by atoms with Gasteiger partial charge in [-0.3, -0.25) is 4.79 Å². The van der Waals surface area contributed by atoms with E-state index in [0.29, 0.717) is 16.5 Å². The normalized spacial score (nSPS) is 11.5. The molecule has 0 atom stereocenters. The Balaban J connectivity index is 1.71. The molecule has 0 aliphatic rings. The van der Waals surface area contributed by atoms with Gasteiger partial charge in [-0.1, -0.05) is 17.7 Å². The van der Waals surface area contributed by atoms with Crippen molar-refractivity contribution in [3.63, 3.8) is 0 Å². The third-order valence-corrected chi connectivity index (χ3v) is 4.00. The van der Waals surface area contributed by atoms with E-state index in [2.05, 4.69) is 15.3 Å². The quantitative estimate of drug-likeness (QED) is 0.760. The average molecular weight is 359 g/mol. The zero-order chi connectivity index (χ0) is 18.0. The van der Waals surface area contributed by atoms with Gasteiger partial charge in [0.15, 0.2) is 0 Å². The fraction of sp³-hybridized carbons (Fsp3) is 0.278. The smallest absolute Gasteiger partial charge is 0.253 e. The first-order chi connectivity index (χ1) is 11.9. The molecule has 3 aromatic heterocycles. The molecule has 0 aliphatic carbocycles. The van der Waals surface area contributed by atoms with Crippen LogP contribution in [0.3, 0.4) is 0 Å². The van der Waals surface area contributed by atoms with Gasteiger partial charge in [0.2, 0.25) is 5.88 Å². The molecular formula is C18H19ClN4O2. The van der Waals surface area contributed by atoms with Crippen LogP contribution in [0.1, 0.15) is 24.2 Å². The highest BCUT2D eigenvalue weighted by Crippen LogP contribution is 2.24. The first kappa shape index (κ1) is 17.2. The van der Waals surface area contributed by atoms with Crippen LogP contribution in [0, 0.1) is 0 Å². The highest BCUT2D eigenvalue weighted by molar-refractivity contribution is 6.35. The van der Waals surface area contributed by atoms with E-state index in [-0.39, 0.29) is 12.5 Å². The van der Waals surface area contributed by atoms with Crippen LogP contribution in [0.4, 0.5) is 0 Å². The molecule has 0 aromatic carbocycles. The number of amides is 1. The molecule has 0 saturated heterocycles. The number of ether oxygens (including phenoxy) is 1. The van der Waals surface area contributed by atoms with Crippen LogP contribution in [0.2, 0.25) is 5.02 Å². The Morgan fingerprint density at radius 2 is 2.16 bits per heavy atom. The van der Waals surface area contributed by atoms with E-state index in [1.807, 2.05) is 37.6 Å². The number of halogens is 1. The van der Waals surface area contributed by atoms with Crippen LogP contribution in [-0.4, -0.2) is 32.6 Å². The number of nitrogens with one attached hydrogen (secondary N) is 1. The molecule has 1 N–H and O–H groups in total. The molecule has 1 amide bonds. The van der Waals surface area contributed by atoms with Gasteiger partial charge in [0, 0.05) is 37.1 Å². The molecular weight excluding hydrogens is 340 g/mol. The van der Waals surface area contributed by atoms with E-state index in [0.717, 1.165) is 11.0 Å². The summed E-state index contributed by atoms with van der Waals surface area (Å²) >= 11 is 6.19. The molecule has 0 spiro atoms. The minimum atomic E-state index is -0.579. The fourth-order valence-electron chi connectivity index (χ4n) is 2.44. The van der Waals surface area contributed by atoms with Crippen molar-refractivity contribution in [3.8, 4) is 5.88 Å². The summed E-state index contributed by atoms with van der Waals surface area (Å²) in [6.07, 6.45) is 4.97. The zero-order valence-corrected chi connectivity index (χ0v) is 15.0. The lowest BCUT2D eigenvalue weighted by Gasteiger charge is -2.26. The summed E-state index contributed by atoms with van der Waals surface area (Å²) in [7, 11) is 1.86. The van der Waals surface area contributed by atoms with Crippen LogP contribution in [0.5, 0.6) is 5.88 Å². The van der Waals surface area contributed by atoms with Gasteiger partial charge in [0.05, 0.1) is 16.1 Å². The maximum atomic E-state index is 12.6. The number of fused-ring (bicyclic) bond motifs is 1. The van der Waals surface area contributed by atoms with Crippen LogP contribution in [0.15, 0.2) is 42.9 Å². The first-order valence-electron chi connectivity index (χ1n) is 7.83. The molecule has 3 rings (SSSR count). The minimum Gasteiger partial charge on any atom is -0.475 e. The number of hydrogen-bond acceptors (Lipinski definition) is 4. The monoisotopic (exact) mass is 358 g/mol. The largest absolute Gasteiger partial charge is 0.475 e. The first-order valence-corrected chi connectivity index (χ1v) is 8.20. The van der Waals surface area contributed by atoms with Crippen molar-refractivity contribution < 1.29 is 9.53 Å². The number of nitrogens with zero attached hydrogens (tertiary/aromatic N) is 3. The van der Waals surface area contributed by atoms with Crippen LogP contribution >= 0.6 is 11.6 Å². The summed E-state index contributed by atoms with van der Waals surface area (Å²) in [4.78, 5) is 21.0. The number of aromatic nitrogens is 3. The molecule has 0 radical (unpaired) electrons. The van der Waals surface area contributed by atoms with E-state index >= 15 is 0 Å². The second-order valence-corrected chi connectivity index (χ2v) is 6.88. The number of rotatable bonds is 5. The third kappa shape index (κ3) is 3.91. The number of hydrogen-bond donors (Lipinski definition) is 1. The molecule has 6 nitrogen and oxygen atoms in total. The topological polar surface area (TPSA) is 69.0 Å². The lowest BCUT2D eigenvalue weighted by Crippen LogP contribution is -2.47. The minimum absolute atomic E-state index is 0.232. The molecule has 0 unspecified atom stereocenters. The number of carbonyl (C=O) groups excluding carboxylic acids is 1. The predicted octanol–water partition coefficient (Wildman–Crippen LogP) is 3.21. The number of aryl methyl sites for hydroxylation is 1. The SMILES string of the molecule is Cn1cc(Cl)c2cc(C(=O)NC(C)(C)COc3ccccn3)cnc21. The fourth-order valence-corrected chi connectivity index (χ4v) is 2.73. The van der Waals surface area contributed by atoms with Crippen LogP contribution in [0.25, 0.3) is 11.0 Å². The van der Waals surface area contributed by atoms with E-state index in [4.69, 9.17) is 16.3 Å². The highest BCUT2D eigenvalue weighted by Gasteiger charge is 2.23. The lowest BCUT2D eigenvalue weighted by molar-refractivity contribution is 0.0878. The molecule has 0 aliphatic heterocycles. The zero-order valence-electron chi connectivity index (χ0n) is 14.3. The van der Waals surface area contributed by atoms with Crippen LogP contribution < -0.4 is 10.1 Å². The van der Waals surface area contributed by atoms with E-state index < -0.39 is 5.54 Å². The van der Waals surface area contributed by atoms with Gasteiger partial charge in [-0.25, -0.2) is 9.97 Å². The predicted molar refractivity (Wildman–Crippen MR) is 97.0 cm³/mol. The Hall–Kier alpha value is -2.60. The Morgan fingerprint density at radius 1 is 1.36 bits per heavy atom. The molecule has 0 saturated carbocycles. The third-order valence-electron chi connectivity index (χ3n) is 3.70. The summed E-state index contributed by atoms with van der Waals surface area (Å²) in [5.74, 6) is 0.285. The number of pyridine rings is 2. The molecule has 0 fully saturated rings. The van der Waals surface area contributed by atoms with Crippen molar-refractivity contribution in [1.29, 1.82) is 0 Å². The Kier molecular flexibility index (Phi) is 4.63. The lowest BCUT2D eigenvalue weighted by atomic mass is 10.1. The van der Waals surface area contributed by atoms with Crippen molar-refractivity contribution in [1.82, 2.24) is 19.9 Å². The second-order valence-electron chi connectivity index (χ2n) is 6.48. The second kappa shape index (κ2) is 6.72. The standard InChI is InChI=1S/C18H19ClN4O2/c1-18(2,11-25-15-6-4-5-7-20-15)22-17(24)12-8-13-14(19)10-23(3)16(13)21-9-12/h4-10H,11H2,1-3H3,(H,22,24). The molecule has 3 heterocycles. The molecule has 130 valence electrons. The van der Waals surface area contributed by atoms with Crippen molar-refractivity contribution in [2.45, 2.75) is 19.4 Å². The van der Waals surface area contributed by atoms with Crippen LogP contribution in [-0.2, 0) is 7.05 Å². The number of carbonyl (C=O) groups is 1. The van der Waals surface area contributed by atoms with E-state index in [1.165, 1.54) is 0 Å². The maximum Gasteiger partial charge on any atom is 0.253 e. The maximum absolute atomic E-state index is 12.6. The highest BCUT2D eigenvalue weighted by atomic mass is 35.5. The summed E-state index contributed by atoms with van der Waals surface area (Å²) in [6, 6.07) is 7.18. The Labute approximate surface area is 150 Å². The van der Waals surface area contributed by atoms with Gasteiger partial charge >= 0.3 is 0 Å². The summed E-state index contributed by atoms with van der Waals surface area (Å²) in [5, 5.41) is 4.27. The Bertz CT molecular complexity index is 906. The van der Waals surface area contributed by atoms with Gasteiger partial charge < -0.3 is 14.6 Å². The average Bonchev–Trinajstić information content (AvgIpc) is 2.87. The molecule has 7 heteroatoms. The van der Waals surface area contributed by atoms with Crippen molar-refractivity contribution in [2.24, 2.45) is 7.05 Å². The van der Waals surface area contributed by atoms with Gasteiger partial charge in [-0.05, 0) is 26.0 Å². The van der Waals surface area contributed by atoms with Crippen molar-refractivity contribution >= 4 is 28.5 Å². The van der Waals surface area contributed by atoms with Gasteiger partial charge in [0.1, 0.15) is 12.3 Å². The Morgan fingerprint density at radius 3 is 2.88 bits per heavy atom. The van der Waals surface area contributed by atoms with E-state index in [1.54, 1.807) is 30.7 Å². The molecule has 25 heavy (non-hydrogen) atoms. The summed E-state index contributed by atoms with van der Waals surface area (Å²) in [5.41, 5.74) is 0.607. The molecule has 0 bridgehead atoms.